The number of nitrogens with two attached hydrogens (primary N) is 2. The van der Waals surface area contributed by atoms with Crippen molar-refractivity contribution in [3.05, 3.63) is 36.5 Å². The minimum absolute atomic E-state index is 0. The predicted octanol–water partition coefficient (Wildman–Crippen LogP) is 4.29. The third kappa shape index (κ3) is 5.87. The maximum atomic E-state index is 11.9. The van der Waals surface area contributed by atoms with Crippen LogP contribution in [0.5, 0.6) is 11.5 Å². The van der Waals surface area contributed by atoms with E-state index < -0.39 is 6.09 Å². The number of rotatable bonds is 4. The molecule has 2 rings (SSSR count). The smallest absolute Gasteiger partial charge is 0.414 e. The number of hydrogen-bond acceptors (Lipinski definition) is 6. The molecular weight excluding hydrogens is 320 g/mol. The monoisotopic (exact) mass is 348 g/mol. The van der Waals surface area contributed by atoms with E-state index >= 15 is 0 Å². The number of amides is 1. The van der Waals surface area contributed by atoms with Gasteiger partial charge in [-0.15, -0.1) is 0 Å². The first-order valence-electron chi connectivity index (χ1n) is 7.71. The van der Waals surface area contributed by atoms with E-state index in [0.717, 1.165) is 0 Å². The fourth-order valence-corrected chi connectivity index (χ4v) is 1.85. The molecule has 138 valence electrons. The molecular formula is C18H28N4O3. The molecule has 2 aromatic rings. The van der Waals surface area contributed by atoms with E-state index in [1.807, 2.05) is 13.8 Å². The number of carbonyl (C=O) groups excluding carboxylic acids is 1. The Morgan fingerprint density at radius 2 is 1.76 bits per heavy atom. The molecule has 25 heavy (non-hydrogen) atoms. The molecule has 0 saturated carbocycles. The lowest BCUT2D eigenvalue weighted by Gasteiger charge is -2.21. The largest absolute Gasteiger partial charge is 0.455 e. The Hall–Kier alpha value is -2.96. The highest BCUT2D eigenvalue weighted by Crippen LogP contribution is 2.35. The number of hydrogen-bond donors (Lipinski definition) is 2. The van der Waals surface area contributed by atoms with Crippen LogP contribution in [0.4, 0.5) is 22.0 Å². The number of benzene rings is 1. The molecule has 0 atom stereocenters. The van der Waals surface area contributed by atoms with Gasteiger partial charge in [0.15, 0.2) is 11.6 Å². The zero-order valence-electron chi connectivity index (χ0n) is 14.4. The summed E-state index contributed by atoms with van der Waals surface area (Å²) in [6.07, 6.45) is 0.967. The highest BCUT2D eigenvalue weighted by molar-refractivity contribution is 5.92. The molecule has 0 fully saturated rings. The molecule has 1 aromatic heterocycles. The minimum Gasteiger partial charge on any atom is -0.455 e. The van der Waals surface area contributed by atoms with Crippen LogP contribution in [-0.4, -0.2) is 24.7 Å². The highest BCUT2D eigenvalue weighted by atomic mass is 16.6. The zero-order chi connectivity index (χ0) is 18.1. The third-order valence-electron chi connectivity index (χ3n) is 2.90. The summed E-state index contributed by atoms with van der Waals surface area (Å²) in [7, 11) is 1.54. The van der Waals surface area contributed by atoms with E-state index in [1.165, 1.54) is 11.1 Å². The highest BCUT2D eigenvalue weighted by Gasteiger charge is 2.20. The maximum Gasteiger partial charge on any atom is 0.414 e. The lowest BCUT2D eigenvalue weighted by atomic mass is 10.3. The second-order valence-corrected chi connectivity index (χ2v) is 4.47. The first-order valence-corrected chi connectivity index (χ1v) is 7.71. The van der Waals surface area contributed by atoms with Crippen molar-refractivity contribution >= 4 is 23.3 Å². The van der Waals surface area contributed by atoms with Gasteiger partial charge in [-0.1, -0.05) is 21.3 Å². The van der Waals surface area contributed by atoms with Gasteiger partial charge in [0.2, 0.25) is 0 Å². The summed E-state index contributed by atoms with van der Waals surface area (Å²) in [5.74, 6) is 1.13. The van der Waals surface area contributed by atoms with Crippen molar-refractivity contribution in [2.45, 2.75) is 28.2 Å². The molecule has 4 N–H and O–H groups in total. The SMILES string of the molecule is C.CC.CCOC(=O)N(C)c1c(Oc2ccc(N)cc2)ccnc1N. The minimum atomic E-state index is -0.538. The summed E-state index contributed by atoms with van der Waals surface area (Å²) in [6, 6.07) is 8.50. The van der Waals surface area contributed by atoms with Crippen molar-refractivity contribution in [1.29, 1.82) is 0 Å². The third-order valence-corrected chi connectivity index (χ3v) is 2.90. The molecule has 0 radical (unpaired) electrons. The number of aromatic nitrogens is 1. The van der Waals surface area contributed by atoms with Gasteiger partial charge in [-0.05, 0) is 31.2 Å². The summed E-state index contributed by atoms with van der Waals surface area (Å²) in [5.41, 5.74) is 12.5. The Balaban J connectivity index is 0.00000185. The Morgan fingerprint density at radius 3 is 2.32 bits per heavy atom. The molecule has 7 nitrogen and oxygen atoms in total. The van der Waals surface area contributed by atoms with Crippen molar-refractivity contribution < 1.29 is 14.3 Å². The quantitative estimate of drug-likeness (QED) is 0.799. The molecule has 0 spiro atoms. The van der Waals surface area contributed by atoms with E-state index in [2.05, 4.69) is 4.98 Å². The van der Waals surface area contributed by atoms with Crippen LogP contribution in [0.25, 0.3) is 0 Å². The molecule has 0 saturated heterocycles. The number of anilines is 3. The number of ether oxygens (including phenoxy) is 2. The van der Waals surface area contributed by atoms with Crippen LogP contribution in [0.15, 0.2) is 36.5 Å². The van der Waals surface area contributed by atoms with Crippen LogP contribution in [0, 0.1) is 0 Å². The van der Waals surface area contributed by atoms with Gasteiger partial charge in [0.1, 0.15) is 11.4 Å². The van der Waals surface area contributed by atoms with E-state index in [-0.39, 0.29) is 19.9 Å². The van der Waals surface area contributed by atoms with Crippen molar-refractivity contribution in [1.82, 2.24) is 4.98 Å². The topological polar surface area (TPSA) is 104 Å². The summed E-state index contributed by atoms with van der Waals surface area (Å²) in [4.78, 5) is 17.1. The van der Waals surface area contributed by atoms with E-state index in [9.17, 15) is 4.79 Å². The first-order chi connectivity index (χ1) is 11.5. The van der Waals surface area contributed by atoms with Crippen molar-refractivity contribution in [2.75, 3.05) is 30.0 Å². The van der Waals surface area contributed by atoms with Crippen LogP contribution in [0.2, 0.25) is 0 Å². The fraction of sp³-hybridized carbons (Fsp3) is 0.333. The van der Waals surface area contributed by atoms with Crippen molar-refractivity contribution in [3.63, 3.8) is 0 Å². The van der Waals surface area contributed by atoms with Crippen LogP contribution < -0.4 is 21.1 Å². The zero-order valence-corrected chi connectivity index (χ0v) is 14.4. The number of carbonyl (C=O) groups is 1. The average Bonchev–Trinajstić information content (AvgIpc) is 2.58. The Kier molecular flexibility index (Phi) is 9.47. The molecule has 7 heteroatoms. The van der Waals surface area contributed by atoms with Gasteiger partial charge in [-0.2, -0.15) is 0 Å². The lowest BCUT2D eigenvalue weighted by Crippen LogP contribution is -2.28. The Bertz CT molecular complexity index is 660. The molecule has 0 aliphatic carbocycles. The molecule has 0 bridgehead atoms. The van der Waals surface area contributed by atoms with Gasteiger partial charge in [0.25, 0.3) is 0 Å². The number of nitrogens with zero attached hydrogens (tertiary/aromatic N) is 2. The van der Waals surface area contributed by atoms with Gasteiger partial charge < -0.3 is 20.9 Å². The van der Waals surface area contributed by atoms with Crippen LogP contribution >= 0.6 is 0 Å². The van der Waals surface area contributed by atoms with E-state index in [4.69, 9.17) is 20.9 Å². The van der Waals surface area contributed by atoms with Gasteiger partial charge in [0.05, 0.1) is 6.61 Å². The van der Waals surface area contributed by atoms with E-state index in [1.54, 1.807) is 44.3 Å². The standard InChI is InChI=1S/C15H18N4O3.C2H6.CH4/c1-3-21-15(20)19(2)13-12(8-9-18-14(13)17)22-11-6-4-10(16)5-7-11;1-2;/h4-9H,3,16H2,1-2H3,(H2,17,18);1-2H3;1H4. The molecule has 0 aliphatic rings. The molecule has 0 aliphatic heterocycles. The van der Waals surface area contributed by atoms with Crippen molar-refractivity contribution in [3.8, 4) is 11.5 Å². The van der Waals surface area contributed by atoms with Crippen LogP contribution in [0.1, 0.15) is 28.2 Å². The summed E-state index contributed by atoms with van der Waals surface area (Å²) >= 11 is 0. The van der Waals surface area contributed by atoms with E-state index in [0.29, 0.717) is 22.9 Å². The van der Waals surface area contributed by atoms with Gasteiger partial charge in [0, 0.05) is 25.0 Å². The lowest BCUT2D eigenvalue weighted by molar-refractivity contribution is 0.161. The van der Waals surface area contributed by atoms with Crippen LogP contribution in [0.3, 0.4) is 0 Å². The predicted molar refractivity (Wildman–Crippen MR) is 103 cm³/mol. The molecule has 1 heterocycles. The Labute approximate surface area is 149 Å². The normalized spacial score (nSPS) is 9.12. The van der Waals surface area contributed by atoms with Gasteiger partial charge in [-0.25, -0.2) is 9.78 Å². The summed E-state index contributed by atoms with van der Waals surface area (Å²) < 4.78 is 10.7. The molecule has 1 aromatic carbocycles. The summed E-state index contributed by atoms with van der Waals surface area (Å²) in [6.45, 7) is 5.99. The molecule has 1 amide bonds. The van der Waals surface area contributed by atoms with Crippen LogP contribution in [-0.2, 0) is 4.74 Å². The second-order valence-electron chi connectivity index (χ2n) is 4.47. The maximum absolute atomic E-state index is 11.9. The summed E-state index contributed by atoms with van der Waals surface area (Å²) in [5, 5.41) is 0. The van der Waals surface area contributed by atoms with Gasteiger partial charge >= 0.3 is 6.09 Å². The molecule has 0 unspecified atom stereocenters. The number of nitrogen functional groups attached to an aromatic ring is 2. The van der Waals surface area contributed by atoms with Gasteiger partial charge in [-0.3, -0.25) is 4.90 Å². The second kappa shape index (κ2) is 10.7. The number of pyridine rings is 1. The fourth-order valence-electron chi connectivity index (χ4n) is 1.85. The first kappa shape index (κ1) is 22.0. The van der Waals surface area contributed by atoms with Crippen molar-refractivity contribution in [2.24, 2.45) is 0 Å². The Morgan fingerprint density at radius 1 is 1.16 bits per heavy atom. The average molecular weight is 348 g/mol.